The Balaban J connectivity index is 1.49. The van der Waals surface area contributed by atoms with Crippen molar-refractivity contribution in [1.82, 2.24) is 9.97 Å². The minimum Gasteiger partial charge on any atom is -0.493 e. The van der Waals surface area contributed by atoms with E-state index in [0.29, 0.717) is 23.3 Å². The molecule has 0 amide bonds. The first kappa shape index (κ1) is 21.1. The molecule has 4 aromatic rings. The normalized spacial score (nSPS) is 15.4. The van der Waals surface area contributed by atoms with Gasteiger partial charge in [-0.25, -0.2) is 4.98 Å². The maximum atomic E-state index is 6.34. The second-order valence-corrected chi connectivity index (χ2v) is 8.43. The molecule has 0 saturated carbocycles. The quantitative estimate of drug-likeness (QED) is 0.480. The fourth-order valence-electron chi connectivity index (χ4n) is 4.95. The van der Waals surface area contributed by atoms with Gasteiger partial charge in [0, 0.05) is 30.0 Å². The number of piperidine rings is 1. The summed E-state index contributed by atoms with van der Waals surface area (Å²) < 4.78 is 10.9. The van der Waals surface area contributed by atoms with Crippen molar-refractivity contribution in [1.29, 1.82) is 0 Å². The summed E-state index contributed by atoms with van der Waals surface area (Å²) in [6.07, 6.45) is 1.93. The van der Waals surface area contributed by atoms with Crippen LogP contribution in [0.25, 0.3) is 10.9 Å². The Morgan fingerprint density at radius 3 is 1.88 bits per heavy atom. The van der Waals surface area contributed by atoms with Gasteiger partial charge in [0.1, 0.15) is 5.82 Å². The Hall–Kier alpha value is -3.80. The van der Waals surface area contributed by atoms with Gasteiger partial charge in [-0.2, -0.15) is 4.98 Å². The molecule has 2 N–H and O–H groups in total. The zero-order valence-electron chi connectivity index (χ0n) is 19.0. The zero-order chi connectivity index (χ0) is 22.8. The number of benzene rings is 3. The number of nitrogen functional groups attached to an aromatic ring is 1. The van der Waals surface area contributed by atoms with Gasteiger partial charge in [0.25, 0.3) is 0 Å². The van der Waals surface area contributed by atoms with E-state index in [1.54, 1.807) is 14.2 Å². The van der Waals surface area contributed by atoms with Crippen LogP contribution in [0.5, 0.6) is 11.5 Å². The van der Waals surface area contributed by atoms with Crippen molar-refractivity contribution in [3.63, 3.8) is 0 Å². The molecule has 168 valence electrons. The van der Waals surface area contributed by atoms with Crippen LogP contribution in [0.3, 0.4) is 0 Å². The highest BCUT2D eigenvalue weighted by molar-refractivity contribution is 5.91. The lowest BCUT2D eigenvalue weighted by Crippen LogP contribution is -2.44. The summed E-state index contributed by atoms with van der Waals surface area (Å²) in [5, 5.41) is 0.760. The first-order valence-corrected chi connectivity index (χ1v) is 11.2. The first-order chi connectivity index (χ1) is 16.1. The lowest BCUT2D eigenvalue weighted by Gasteiger charge is -2.43. The topological polar surface area (TPSA) is 73.5 Å². The molecule has 3 aromatic carbocycles. The summed E-state index contributed by atoms with van der Waals surface area (Å²) in [5.74, 6) is 2.34. The van der Waals surface area contributed by atoms with Gasteiger partial charge in [0.05, 0.1) is 19.7 Å². The highest BCUT2D eigenvalue weighted by atomic mass is 16.5. The van der Waals surface area contributed by atoms with Crippen molar-refractivity contribution in [2.45, 2.75) is 18.3 Å². The Morgan fingerprint density at radius 1 is 0.788 bits per heavy atom. The minimum atomic E-state index is -0.0298. The van der Waals surface area contributed by atoms with Gasteiger partial charge in [-0.05, 0) is 30.0 Å². The number of hydrogen-bond acceptors (Lipinski definition) is 6. The number of hydrogen-bond donors (Lipinski definition) is 1. The molecule has 0 unspecified atom stereocenters. The van der Waals surface area contributed by atoms with Crippen LogP contribution < -0.4 is 20.1 Å². The zero-order valence-corrected chi connectivity index (χ0v) is 19.0. The Labute approximate surface area is 194 Å². The van der Waals surface area contributed by atoms with E-state index in [1.807, 2.05) is 12.1 Å². The van der Waals surface area contributed by atoms with Crippen LogP contribution in [-0.2, 0) is 5.41 Å². The molecule has 0 atom stereocenters. The average molecular weight is 441 g/mol. The third-order valence-corrected chi connectivity index (χ3v) is 6.77. The number of nitrogens with zero attached hydrogens (tertiary/aromatic N) is 3. The van der Waals surface area contributed by atoms with Gasteiger partial charge in [0.15, 0.2) is 11.5 Å². The molecule has 5 rings (SSSR count). The van der Waals surface area contributed by atoms with Crippen molar-refractivity contribution >= 4 is 22.7 Å². The van der Waals surface area contributed by atoms with E-state index in [0.717, 1.165) is 36.8 Å². The Kier molecular flexibility index (Phi) is 5.50. The lowest BCUT2D eigenvalue weighted by molar-refractivity contribution is 0.356. The maximum Gasteiger partial charge on any atom is 0.227 e. The molecule has 1 aromatic heterocycles. The number of nitrogens with two attached hydrogens (primary N) is 1. The minimum absolute atomic E-state index is 0.0298. The molecular weight excluding hydrogens is 412 g/mol. The number of anilines is 2. The summed E-state index contributed by atoms with van der Waals surface area (Å²) in [5.41, 5.74) is 9.77. The van der Waals surface area contributed by atoms with Gasteiger partial charge in [-0.15, -0.1) is 0 Å². The predicted molar refractivity (Wildman–Crippen MR) is 132 cm³/mol. The van der Waals surface area contributed by atoms with Crippen LogP contribution in [-0.4, -0.2) is 37.3 Å². The van der Waals surface area contributed by atoms with Crippen LogP contribution in [0.1, 0.15) is 24.0 Å². The second kappa shape index (κ2) is 8.62. The molecule has 1 aliphatic rings. The highest BCUT2D eigenvalue weighted by Gasteiger charge is 2.38. The van der Waals surface area contributed by atoms with E-state index >= 15 is 0 Å². The summed E-state index contributed by atoms with van der Waals surface area (Å²) >= 11 is 0. The van der Waals surface area contributed by atoms with Gasteiger partial charge in [-0.1, -0.05) is 60.7 Å². The molecule has 0 radical (unpaired) electrons. The van der Waals surface area contributed by atoms with Crippen LogP contribution in [0.2, 0.25) is 0 Å². The summed E-state index contributed by atoms with van der Waals surface area (Å²) in [4.78, 5) is 11.7. The molecule has 33 heavy (non-hydrogen) atoms. The van der Waals surface area contributed by atoms with Crippen LogP contribution >= 0.6 is 0 Å². The SMILES string of the molecule is COc1cc2nc(N3CCC(c4ccccc4)(c4ccccc4)CC3)nc(N)c2cc1OC. The fraction of sp³-hybridized carbons (Fsp3) is 0.259. The lowest BCUT2D eigenvalue weighted by atomic mass is 9.68. The van der Waals surface area contributed by atoms with E-state index in [4.69, 9.17) is 20.2 Å². The van der Waals surface area contributed by atoms with Crippen molar-refractivity contribution < 1.29 is 9.47 Å². The summed E-state index contributed by atoms with van der Waals surface area (Å²) in [6.45, 7) is 1.67. The number of aromatic nitrogens is 2. The van der Waals surface area contributed by atoms with E-state index < -0.39 is 0 Å². The summed E-state index contributed by atoms with van der Waals surface area (Å²) in [6, 6.07) is 25.3. The summed E-state index contributed by atoms with van der Waals surface area (Å²) in [7, 11) is 3.22. The molecule has 6 nitrogen and oxygen atoms in total. The molecule has 0 aliphatic carbocycles. The van der Waals surface area contributed by atoms with E-state index in [2.05, 4.69) is 70.5 Å². The van der Waals surface area contributed by atoms with Crippen LogP contribution in [0.15, 0.2) is 72.8 Å². The third-order valence-electron chi connectivity index (χ3n) is 6.77. The second-order valence-electron chi connectivity index (χ2n) is 8.43. The molecule has 6 heteroatoms. The molecule has 0 bridgehead atoms. The van der Waals surface area contributed by atoms with Crippen LogP contribution in [0.4, 0.5) is 11.8 Å². The molecule has 1 aliphatic heterocycles. The molecule has 2 heterocycles. The standard InChI is InChI=1S/C27H28N4O2/c1-32-23-17-21-22(18-24(23)33-2)29-26(30-25(21)28)31-15-13-27(14-16-31,19-9-5-3-6-10-19)20-11-7-4-8-12-20/h3-12,17-18H,13-16H2,1-2H3,(H2,28,29,30). The number of ether oxygens (including phenoxy) is 2. The Morgan fingerprint density at radius 2 is 1.33 bits per heavy atom. The Bertz CT molecular complexity index is 1210. The molecule has 1 fully saturated rings. The van der Waals surface area contributed by atoms with Gasteiger partial charge >= 0.3 is 0 Å². The monoisotopic (exact) mass is 440 g/mol. The smallest absolute Gasteiger partial charge is 0.227 e. The molecule has 1 saturated heterocycles. The largest absolute Gasteiger partial charge is 0.493 e. The van der Waals surface area contributed by atoms with Crippen molar-refractivity contribution in [3.8, 4) is 11.5 Å². The average Bonchev–Trinajstić information content (AvgIpc) is 2.89. The number of methoxy groups -OCH3 is 2. The van der Waals surface area contributed by atoms with E-state index in [-0.39, 0.29) is 5.41 Å². The van der Waals surface area contributed by atoms with Crippen molar-refractivity contribution in [2.75, 3.05) is 37.9 Å². The number of fused-ring (bicyclic) bond motifs is 1. The van der Waals surface area contributed by atoms with Gasteiger partial charge < -0.3 is 20.1 Å². The first-order valence-electron chi connectivity index (χ1n) is 11.2. The van der Waals surface area contributed by atoms with E-state index in [1.165, 1.54) is 11.1 Å². The van der Waals surface area contributed by atoms with E-state index in [9.17, 15) is 0 Å². The predicted octanol–water partition coefficient (Wildman–Crippen LogP) is 4.82. The number of rotatable bonds is 5. The molecular formula is C27H28N4O2. The van der Waals surface area contributed by atoms with Gasteiger partial charge in [-0.3, -0.25) is 0 Å². The third kappa shape index (κ3) is 3.71. The van der Waals surface area contributed by atoms with Gasteiger partial charge in [0.2, 0.25) is 5.95 Å². The van der Waals surface area contributed by atoms with Crippen LogP contribution in [0, 0.1) is 0 Å². The van der Waals surface area contributed by atoms with Crippen molar-refractivity contribution in [2.24, 2.45) is 0 Å². The fourth-order valence-corrected chi connectivity index (χ4v) is 4.95. The van der Waals surface area contributed by atoms with Crippen molar-refractivity contribution in [3.05, 3.63) is 83.9 Å². The maximum absolute atomic E-state index is 6.34. The molecule has 0 spiro atoms. The highest BCUT2D eigenvalue weighted by Crippen LogP contribution is 2.42.